The molecule has 0 N–H and O–H groups in total. The number of hydrogen-bond donors (Lipinski definition) is 0. The van der Waals surface area contributed by atoms with Gasteiger partial charge in [0.05, 0.1) is 0 Å². The maximum atomic E-state index is 4.58. The van der Waals surface area contributed by atoms with Gasteiger partial charge in [-0.05, 0) is 0 Å². The first-order valence-corrected chi connectivity index (χ1v) is 4.92. The molecule has 0 heterocycles. The van der Waals surface area contributed by atoms with Crippen LogP contribution in [0.25, 0.3) is 0 Å². The third-order valence-corrected chi connectivity index (χ3v) is 0. The molecule has 0 amide bonds. The fourth-order valence-electron chi connectivity index (χ4n) is 0. The van der Waals surface area contributed by atoms with E-state index in [1.165, 1.54) is 0 Å². The molecule has 0 aromatic carbocycles. The zero-order valence-corrected chi connectivity index (χ0v) is 10.8. The summed E-state index contributed by atoms with van der Waals surface area (Å²) in [5.41, 5.74) is 0. The molecule has 0 aliphatic rings. The molecule has 0 radical (unpaired) electrons. The summed E-state index contributed by atoms with van der Waals surface area (Å²) in [5.74, 6) is 0. The Balaban J connectivity index is -0.00000000762. The summed E-state index contributed by atoms with van der Waals surface area (Å²) in [5, 5.41) is 0. The third kappa shape index (κ3) is 247. The molecule has 0 saturated heterocycles. The molecule has 0 aromatic rings. The molecule has 9 heavy (non-hydrogen) atoms. The van der Waals surface area contributed by atoms with E-state index in [0.29, 0.717) is 0 Å². The average molecular weight is 354 g/mol. The first-order valence-electron chi connectivity index (χ1n) is 2.24. The topological polar surface area (TPSA) is 0 Å². The molecule has 0 bridgehead atoms. The van der Waals surface area contributed by atoms with Crippen molar-refractivity contribution >= 4 is 19.1 Å². The van der Waals surface area contributed by atoms with Crippen molar-refractivity contribution in [3.63, 3.8) is 0 Å². The molecular formula is C6H18AuClP-3. The van der Waals surface area contributed by atoms with Crippen LogP contribution < -0.4 is 0 Å². The Morgan fingerprint density at radius 1 is 0.778 bits per heavy atom. The van der Waals surface area contributed by atoms with Gasteiger partial charge < -0.3 is 20.8 Å². The molecule has 0 aromatic heterocycles. The number of hydrogen-bond acceptors (Lipinski definition) is 0. The van der Waals surface area contributed by atoms with E-state index in [0.717, 1.165) is 0 Å². The number of halogens is 1. The van der Waals surface area contributed by atoms with Gasteiger partial charge in [-0.2, -0.15) is 30.7 Å². The van der Waals surface area contributed by atoms with Crippen LogP contribution in [0.1, 0.15) is 20.8 Å². The normalized spacial score (nSPS) is 2.78. The van der Waals surface area contributed by atoms with E-state index >= 15 is 0 Å². The number of rotatable bonds is 0. The summed E-state index contributed by atoms with van der Waals surface area (Å²) in [6.45, 7) is 15.0. The molecule has 0 aliphatic carbocycles. The van der Waals surface area contributed by atoms with Crippen LogP contribution in [0.5, 0.6) is 0 Å². The van der Waals surface area contributed by atoms with Crippen LogP contribution in [0.2, 0.25) is 0 Å². The summed E-state index contributed by atoms with van der Waals surface area (Å²) < 4.78 is 0. The van der Waals surface area contributed by atoms with E-state index in [1.807, 2.05) is 0 Å². The van der Waals surface area contributed by atoms with Crippen molar-refractivity contribution in [1.29, 1.82) is 0 Å². The maximum absolute atomic E-state index is 4.58. The quantitative estimate of drug-likeness (QED) is 0.356. The monoisotopic (exact) mass is 353 g/mol. The standard InChI is InChI=1S/3C2H5.Au.ClH.H3P/c3*1-2;;;/h3*1H2,2H3;;1H;1H3/q3*-1;+1;;/p-1. The fourth-order valence-corrected chi connectivity index (χ4v) is 0. The Morgan fingerprint density at radius 2 is 0.778 bits per heavy atom. The van der Waals surface area contributed by atoms with Crippen LogP contribution in [0.15, 0.2) is 0 Å². The zero-order chi connectivity index (χ0) is 8.00. The van der Waals surface area contributed by atoms with E-state index in [1.54, 1.807) is 40.8 Å². The van der Waals surface area contributed by atoms with E-state index in [2.05, 4.69) is 30.0 Å². The van der Waals surface area contributed by atoms with E-state index in [-0.39, 0.29) is 9.90 Å². The van der Waals surface area contributed by atoms with Crippen molar-refractivity contribution in [2.24, 2.45) is 0 Å². The van der Waals surface area contributed by atoms with Gasteiger partial charge in [0.2, 0.25) is 0 Å². The molecular weight excluding hydrogens is 335 g/mol. The van der Waals surface area contributed by atoms with Crippen molar-refractivity contribution in [3.8, 4) is 0 Å². The molecule has 68 valence electrons. The summed E-state index contributed by atoms with van der Waals surface area (Å²) >= 11 is 1.75. The molecule has 0 fully saturated rings. The molecule has 0 rings (SSSR count). The Labute approximate surface area is 80.5 Å². The van der Waals surface area contributed by atoms with Crippen molar-refractivity contribution in [3.05, 3.63) is 20.8 Å². The average Bonchev–Trinajstić information content (AvgIpc) is 2.03. The van der Waals surface area contributed by atoms with Gasteiger partial charge in [0, 0.05) is 0 Å². The van der Waals surface area contributed by atoms with Crippen LogP contribution in [-0.4, -0.2) is 0 Å². The predicted octanol–water partition coefficient (Wildman–Crippen LogP) is 3.27. The second kappa shape index (κ2) is 318. The molecule has 0 aliphatic heterocycles. The Bertz CT molecular complexity index is 13.0. The van der Waals surface area contributed by atoms with Gasteiger partial charge >= 0.3 is 29.2 Å². The zero-order valence-electron chi connectivity index (χ0n) is 6.51. The molecule has 1 atom stereocenters. The van der Waals surface area contributed by atoms with Crippen molar-refractivity contribution in [2.75, 3.05) is 0 Å². The van der Waals surface area contributed by atoms with E-state index in [9.17, 15) is 0 Å². The van der Waals surface area contributed by atoms with Crippen LogP contribution in [0.4, 0.5) is 0 Å². The Kier molecular flexibility index (Phi) is 1110. The summed E-state index contributed by atoms with van der Waals surface area (Å²) in [7, 11) is 4.58. The van der Waals surface area contributed by atoms with Crippen LogP contribution in [0, 0.1) is 20.8 Å². The minimum atomic E-state index is 0. The second-order valence-electron chi connectivity index (χ2n) is 0. The van der Waals surface area contributed by atoms with Gasteiger partial charge in [0.25, 0.3) is 0 Å². The van der Waals surface area contributed by atoms with Crippen molar-refractivity contribution < 1.29 is 20.0 Å². The molecule has 1 unspecified atom stereocenters. The Hall–Kier alpha value is 1.46. The van der Waals surface area contributed by atoms with Crippen LogP contribution >= 0.6 is 19.1 Å². The van der Waals surface area contributed by atoms with Crippen LogP contribution in [-0.2, 0) is 20.0 Å². The van der Waals surface area contributed by atoms with Gasteiger partial charge in [-0.15, -0.1) is 0 Å². The van der Waals surface area contributed by atoms with Gasteiger partial charge in [0.1, 0.15) is 0 Å². The summed E-state index contributed by atoms with van der Waals surface area (Å²) in [4.78, 5) is 0. The van der Waals surface area contributed by atoms with Gasteiger partial charge in [-0.1, -0.05) is 0 Å². The summed E-state index contributed by atoms with van der Waals surface area (Å²) in [6.07, 6.45) is 0. The molecule has 0 saturated carbocycles. The molecule has 0 spiro atoms. The Morgan fingerprint density at radius 3 is 0.778 bits per heavy atom. The first-order chi connectivity index (χ1) is 4.00. The first kappa shape index (κ1) is 31.4. The molecule has 3 heteroatoms. The van der Waals surface area contributed by atoms with Gasteiger partial charge in [0.15, 0.2) is 0 Å². The van der Waals surface area contributed by atoms with E-state index in [4.69, 9.17) is 0 Å². The third-order valence-electron chi connectivity index (χ3n) is 0. The van der Waals surface area contributed by atoms with Gasteiger partial charge in [-0.3, -0.25) is 0 Å². The molecule has 0 nitrogen and oxygen atoms in total. The van der Waals surface area contributed by atoms with Crippen molar-refractivity contribution in [2.45, 2.75) is 20.8 Å². The van der Waals surface area contributed by atoms with Crippen molar-refractivity contribution in [1.82, 2.24) is 0 Å². The summed E-state index contributed by atoms with van der Waals surface area (Å²) in [6, 6.07) is 0. The fraction of sp³-hybridized carbons (Fsp3) is 0.500. The van der Waals surface area contributed by atoms with E-state index < -0.39 is 0 Å². The van der Waals surface area contributed by atoms with Gasteiger partial charge in [-0.25, -0.2) is 0 Å². The second-order valence-corrected chi connectivity index (χ2v) is 0. The van der Waals surface area contributed by atoms with Crippen LogP contribution in [0.3, 0.4) is 0 Å². The predicted molar refractivity (Wildman–Crippen MR) is 50.1 cm³/mol. The SMILES string of the molecule is P.[CH2-]C.[CH2-]C.[CH2-]C.[Cl][Au]. The minimum absolute atomic E-state index is 0.